The second-order valence-electron chi connectivity index (χ2n) is 7.62. The summed E-state index contributed by atoms with van der Waals surface area (Å²) < 4.78 is 5.38. The Morgan fingerprint density at radius 3 is 2.53 bits per heavy atom. The molecule has 0 radical (unpaired) electrons. The Morgan fingerprint density at radius 1 is 0.967 bits per heavy atom. The number of fused-ring (bicyclic) bond motifs is 1. The highest BCUT2D eigenvalue weighted by Gasteiger charge is 2.25. The van der Waals surface area contributed by atoms with Crippen molar-refractivity contribution in [3.05, 3.63) is 41.8 Å². The maximum Gasteiger partial charge on any atom is 0.236 e. The molecule has 8 heteroatoms. The Morgan fingerprint density at radius 2 is 1.77 bits per heavy atom. The van der Waals surface area contributed by atoms with Crippen molar-refractivity contribution in [3.8, 4) is 10.7 Å². The van der Waals surface area contributed by atoms with Crippen LogP contribution in [0.15, 0.2) is 41.8 Å². The van der Waals surface area contributed by atoms with Gasteiger partial charge in [-0.05, 0) is 23.6 Å². The van der Waals surface area contributed by atoms with Crippen LogP contribution in [-0.4, -0.2) is 84.7 Å². The smallest absolute Gasteiger partial charge is 0.236 e. The van der Waals surface area contributed by atoms with Gasteiger partial charge in [-0.1, -0.05) is 18.2 Å². The molecule has 0 spiro atoms. The summed E-state index contributed by atoms with van der Waals surface area (Å²) in [5.41, 5.74) is 0.955. The average molecular weight is 424 g/mol. The number of hydrogen-bond acceptors (Lipinski definition) is 7. The number of nitrogens with zero attached hydrogens (tertiary/aromatic N) is 5. The van der Waals surface area contributed by atoms with Gasteiger partial charge in [-0.15, -0.1) is 11.3 Å². The molecule has 0 N–H and O–H groups in total. The number of morpholine rings is 1. The summed E-state index contributed by atoms with van der Waals surface area (Å²) >= 11 is 1.65. The minimum Gasteiger partial charge on any atom is -0.379 e. The lowest BCUT2D eigenvalue weighted by atomic mass is 10.2. The van der Waals surface area contributed by atoms with Gasteiger partial charge in [0.1, 0.15) is 5.82 Å². The Labute approximate surface area is 179 Å². The standard InChI is InChI=1S/C22H25N5O2S/c28-20(16-25-11-13-29-14-12-25)26-7-9-27(10-8-26)22-17-4-1-2-5-18(17)23-21(24-22)19-6-3-15-30-19/h1-6,15H,7-14,16H2. The van der Waals surface area contributed by atoms with Gasteiger partial charge in [0.15, 0.2) is 5.82 Å². The number of aromatic nitrogens is 2. The Hall–Kier alpha value is -2.55. The number of rotatable bonds is 4. The number of carbonyl (C=O) groups is 1. The Bertz CT molecular complexity index is 1010. The molecule has 30 heavy (non-hydrogen) atoms. The summed E-state index contributed by atoms with van der Waals surface area (Å²) in [4.78, 5) is 30.0. The van der Waals surface area contributed by atoms with Gasteiger partial charge in [0.25, 0.3) is 0 Å². The number of anilines is 1. The highest BCUT2D eigenvalue weighted by molar-refractivity contribution is 7.13. The van der Waals surface area contributed by atoms with Crippen molar-refractivity contribution < 1.29 is 9.53 Å². The van der Waals surface area contributed by atoms with E-state index in [-0.39, 0.29) is 5.91 Å². The lowest BCUT2D eigenvalue weighted by Gasteiger charge is -2.37. The van der Waals surface area contributed by atoms with Crippen molar-refractivity contribution in [2.24, 2.45) is 0 Å². The summed E-state index contributed by atoms with van der Waals surface area (Å²) in [6.07, 6.45) is 0. The van der Waals surface area contributed by atoms with E-state index in [1.54, 1.807) is 11.3 Å². The minimum atomic E-state index is 0.211. The van der Waals surface area contributed by atoms with Crippen molar-refractivity contribution in [1.82, 2.24) is 19.8 Å². The summed E-state index contributed by atoms with van der Waals surface area (Å²) in [6, 6.07) is 12.2. The van der Waals surface area contributed by atoms with Gasteiger partial charge < -0.3 is 14.5 Å². The molecule has 7 nitrogen and oxygen atoms in total. The van der Waals surface area contributed by atoms with Crippen LogP contribution >= 0.6 is 11.3 Å². The molecule has 2 aliphatic rings. The normalized spacial score (nSPS) is 18.1. The zero-order valence-electron chi connectivity index (χ0n) is 16.9. The SMILES string of the molecule is O=C(CN1CCOCC1)N1CCN(c2nc(-c3cccs3)nc3ccccc23)CC1. The Kier molecular flexibility index (Phi) is 5.61. The molecule has 0 aliphatic carbocycles. The first kappa shape index (κ1) is 19.4. The van der Waals surface area contributed by atoms with Crippen LogP contribution in [0.4, 0.5) is 5.82 Å². The third kappa shape index (κ3) is 4.03. The molecular weight excluding hydrogens is 398 g/mol. The average Bonchev–Trinajstić information content (AvgIpc) is 3.34. The second kappa shape index (κ2) is 8.67. The summed E-state index contributed by atoms with van der Waals surface area (Å²) in [5, 5.41) is 3.11. The van der Waals surface area contributed by atoms with E-state index in [0.717, 1.165) is 66.7 Å². The van der Waals surface area contributed by atoms with Crippen molar-refractivity contribution in [2.45, 2.75) is 0 Å². The van der Waals surface area contributed by atoms with Crippen LogP contribution < -0.4 is 4.90 Å². The number of ether oxygens (including phenoxy) is 1. The molecule has 0 unspecified atom stereocenters. The van der Waals surface area contributed by atoms with E-state index in [4.69, 9.17) is 14.7 Å². The summed E-state index contributed by atoms with van der Waals surface area (Å²) in [7, 11) is 0. The monoisotopic (exact) mass is 423 g/mol. The first-order chi connectivity index (χ1) is 14.8. The molecule has 3 aromatic rings. The fourth-order valence-electron chi connectivity index (χ4n) is 4.04. The fraction of sp³-hybridized carbons (Fsp3) is 0.409. The van der Waals surface area contributed by atoms with Gasteiger partial charge in [-0.3, -0.25) is 9.69 Å². The summed E-state index contributed by atoms with van der Waals surface area (Å²) in [5.74, 6) is 1.94. The molecule has 5 rings (SSSR count). The molecule has 4 heterocycles. The van der Waals surface area contributed by atoms with Crippen LogP contribution in [0.3, 0.4) is 0 Å². The van der Waals surface area contributed by atoms with Crippen molar-refractivity contribution in [1.29, 1.82) is 0 Å². The molecule has 0 atom stereocenters. The van der Waals surface area contributed by atoms with Crippen molar-refractivity contribution >= 4 is 34.0 Å². The molecule has 2 aliphatic heterocycles. The van der Waals surface area contributed by atoms with Gasteiger partial charge in [0.2, 0.25) is 5.91 Å². The predicted molar refractivity (Wildman–Crippen MR) is 119 cm³/mol. The van der Waals surface area contributed by atoms with Crippen molar-refractivity contribution in [2.75, 3.05) is 63.9 Å². The lowest BCUT2D eigenvalue weighted by Crippen LogP contribution is -2.52. The quantitative estimate of drug-likeness (QED) is 0.642. The first-order valence-corrected chi connectivity index (χ1v) is 11.3. The van der Waals surface area contributed by atoms with Crippen LogP contribution in [0.1, 0.15) is 0 Å². The number of carbonyl (C=O) groups excluding carboxylic acids is 1. The molecule has 0 saturated carbocycles. The predicted octanol–water partition coefficient (Wildman–Crippen LogP) is 2.34. The van der Waals surface area contributed by atoms with E-state index in [0.29, 0.717) is 19.8 Å². The topological polar surface area (TPSA) is 61.8 Å². The highest BCUT2D eigenvalue weighted by Crippen LogP contribution is 2.30. The molecular formula is C22H25N5O2S. The van der Waals surface area contributed by atoms with Crippen LogP contribution in [0.2, 0.25) is 0 Å². The maximum absolute atomic E-state index is 12.7. The first-order valence-electron chi connectivity index (χ1n) is 10.4. The van der Waals surface area contributed by atoms with Crippen molar-refractivity contribution in [3.63, 3.8) is 0 Å². The Balaban J connectivity index is 1.32. The number of benzene rings is 1. The molecule has 2 aromatic heterocycles. The lowest BCUT2D eigenvalue weighted by molar-refractivity contribution is -0.133. The zero-order valence-corrected chi connectivity index (χ0v) is 17.7. The third-order valence-corrected chi connectivity index (χ3v) is 6.58. The van der Waals surface area contributed by atoms with Gasteiger partial charge in [0.05, 0.1) is 30.2 Å². The van der Waals surface area contributed by atoms with Crippen LogP contribution in [0.5, 0.6) is 0 Å². The third-order valence-electron chi connectivity index (χ3n) is 5.72. The second-order valence-corrected chi connectivity index (χ2v) is 8.57. The summed E-state index contributed by atoms with van der Waals surface area (Å²) in [6.45, 7) is 6.59. The number of para-hydroxylation sites is 1. The number of hydrogen-bond donors (Lipinski definition) is 0. The number of amides is 1. The van der Waals surface area contributed by atoms with Crippen LogP contribution in [-0.2, 0) is 9.53 Å². The van der Waals surface area contributed by atoms with Gasteiger partial charge in [-0.2, -0.15) is 0 Å². The highest BCUT2D eigenvalue weighted by atomic mass is 32.1. The van der Waals surface area contributed by atoms with E-state index >= 15 is 0 Å². The zero-order chi connectivity index (χ0) is 20.3. The molecule has 1 amide bonds. The van der Waals surface area contributed by atoms with E-state index in [1.165, 1.54) is 0 Å². The maximum atomic E-state index is 12.7. The van der Waals surface area contributed by atoms with E-state index in [2.05, 4.69) is 21.9 Å². The number of thiophene rings is 1. The van der Waals surface area contributed by atoms with Gasteiger partial charge >= 0.3 is 0 Å². The molecule has 0 bridgehead atoms. The van der Waals surface area contributed by atoms with Crippen LogP contribution in [0.25, 0.3) is 21.6 Å². The molecule has 2 fully saturated rings. The largest absolute Gasteiger partial charge is 0.379 e. The van der Waals surface area contributed by atoms with Gasteiger partial charge in [0, 0.05) is 44.7 Å². The molecule has 156 valence electrons. The van der Waals surface area contributed by atoms with E-state index in [1.807, 2.05) is 34.5 Å². The van der Waals surface area contributed by atoms with Crippen LogP contribution in [0, 0.1) is 0 Å². The van der Waals surface area contributed by atoms with E-state index in [9.17, 15) is 4.79 Å². The molecule has 1 aromatic carbocycles. The minimum absolute atomic E-state index is 0.211. The van der Waals surface area contributed by atoms with E-state index < -0.39 is 0 Å². The van der Waals surface area contributed by atoms with Gasteiger partial charge in [-0.25, -0.2) is 9.97 Å². The number of piperazine rings is 1. The fourth-order valence-corrected chi connectivity index (χ4v) is 4.69. The molecule has 2 saturated heterocycles.